The summed E-state index contributed by atoms with van der Waals surface area (Å²) in [5.74, 6) is 0.327. The molecule has 0 bridgehead atoms. The van der Waals surface area contributed by atoms with Crippen molar-refractivity contribution < 1.29 is 17.9 Å². The smallest absolute Gasteiger partial charge is 0.384 e. The molecule has 0 aliphatic carbocycles. The maximum atomic E-state index is 13.9. The zero-order chi connectivity index (χ0) is 24.7. The third-order valence-electron chi connectivity index (χ3n) is 6.61. The van der Waals surface area contributed by atoms with Crippen LogP contribution in [0.2, 0.25) is 0 Å². The zero-order valence-corrected chi connectivity index (χ0v) is 19.8. The summed E-state index contributed by atoms with van der Waals surface area (Å²) < 4.78 is 48.8. The lowest BCUT2D eigenvalue weighted by molar-refractivity contribution is -0.137. The van der Waals surface area contributed by atoms with Crippen molar-refractivity contribution in [1.82, 2.24) is 29.4 Å². The van der Waals surface area contributed by atoms with Crippen LogP contribution >= 0.6 is 0 Å². The monoisotopic (exact) mass is 490 g/mol. The highest BCUT2D eigenvalue weighted by molar-refractivity contribution is 5.74. The first-order valence-electron chi connectivity index (χ1n) is 11.7. The Bertz CT molecular complexity index is 1210. The van der Waals surface area contributed by atoms with Gasteiger partial charge >= 0.3 is 6.18 Å². The van der Waals surface area contributed by atoms with E-state index in [4.69, 9.17) is 10.5 Å². The van der Waals surface area contributed by atoms with Gasteiger partial charge in [0.05, 0.1) is 30.4 Å². The number of ether oxygens (including phenoxy) is 1. The lowest BCUT2D eigenvalue weighted by atomic mass is 10.1. The van der Waals surface area contributed by atoms with Gasteiger partial charge in [-0.1, -0.05) is 0 Å². The quantitative estimate of drug-likeness (QED) is 0.597. The second-order valence-electron chi connectivity index (χ2n) is 9.29. The van der Waals surface area contributed by atoms with E-state index < -0.39 is 11.7 Å². The average molecular weight is 491 g/mol. The summed E-state index contributed by atoms with van der Waals surface area (Å²) in [4.78, 5) is 15.3. The van der Waals surface area contributed by atoms with Gasteiger partial charge in [-0.3, -0.25) is 4.90 Å². The Labute approximate surface area is 201 Å². The van der Waals surface area contributed by atoms with E-state index >= 15 is 0 Å². The highest BCUT2D eigenvalue weighted by Crippen LogP contribution is 2.37. The molecule has 3 aromatic heterocycles. The molecule has 12 heteroatoms. The molecule has 9 nitrogen and oxygen atoms in total. The van der Waals surface area contributed by atoms with Crippen LogP contribution in [0.1, 0.15) is 18.1 Å². The standard InChI is InChI=1S/C23H29F3N8O/c1-15-14-35-8-7-33(15)22-19-9-16(12-32-5-3-31(2)4-6-32)13-34(19)30-21(29-22)17-11-28-20(27)10-18(17)23(24,25)26/h9-11,13,15H,3-8,12,14H2,1-2H3,(H2,27,28)/t15-/m0/s1. The van der Waals surface area contributed by atoms with Gasteiger partial charge in [-0.05, 0) is 31.7 Å². The minimum absolute atomic E-state index is 0.0120. The predicted molar refractivity (Wildman–Crippen MR) is 126 cm³/mol. The first-order chi connectivity index (χ1) is 16.7. The molecule has 1 atom stereocenters. The molecular weight excluding hydrogens is 461 g/mol. The normalized spacial score (nSPS) is 20.6. The lowest BCUT2D eigenvalue weighted by Gasteiger charge is -2.34. The molecule has 35 heavy (non-hydrogen) atoms. The van der Waals surface area contributed by atoms with Crippen molar-refractivity contribution in [2.45, 2.75) is 25.7 Å². The molecule has 2 saturated heterocycles. The van der Waals surface area contributed by atoms with Crippen LogP contribution in [0.5, 0.6) is 0 Å². The van der Waals surface area contributed by atoms with Crippen LogP contribution in [0.25, 0.3) is 16.9 Å². The van der Waals surface area contributed by atoms with Crippen LogP contribution in [-0.2, 0) is 17.5 Å². The summed E-state index contributed by atoms with van der Waals surface area (Å²) in [6, 6.07) is 2.87. The maximum absolute atomic E-state index is 13.9. The van der Waals surface area contributed by atoms with Gasteiger partial charge in [0.15, 0.2) is 11.6 Å². The van der Waals surface area contributed by atoms with Crippen LogP contribution in [-0.4, -0.2) is 88.4 Å². The number of anilines is 2. The summed E-state index contributed by atoms with van der Waals surface area (Å²) >= 11 is 0. The Morgan fingerprint density at radius 1 is 1.14 bits per heavy atom. The largest absolute Gasteiger partial charge is 0.417 e. The van der Waals surface area contributed by atoms with Crippen LogP contribution in [0, 0.1) is 0 Å². The fraction of sp³-hybridized carbons (Fsp3) is 0.522. The molecule has 2 fully saturated rings. The predicted octanol–water partition coefficient (Wildman–Crippen LogP) is 2.36. The van der Waals surface area contributed by atoms with Crippen LogP contribution < -0.4 is 10.6 Å². The van der Waals surface area contributed by atoms with Gasteiger partial charge in [0.1, 0.15) is 11.3 Å². The van der Waals surface area contributed by atoms with Crippen molar-refractivity contribution in [2.24, 2.45) is 0 Å². The van der Waals surface area contributed by atoms with Crippen LogP contribution in [0.15, 0.2) is 24.5 Å². The summed E-state index contributed by atoms with van der Waals surface area (Å²) in [7, 11) is 2.11. The number of hydrogen-bond donors (Lipinski definition) is 1. The summed E-state index contributed by atoms with van der Waals surface area (Å²) in [6.45, 7) is 8.27. The number of aromatic nitrogens is 4. The number of piperazine rings is 1. The van der Waals surface area contributed by atoms with E-state index in [1.807, 2.05) is 19.2 Å². The van der Waals surface area contributed by atoms with E-state index in [1.165, 1.54) is 0 Å². The van der Waals surface area contributed by atoms with Gasteiger partial charge in [-0.15, -0.1) is 5.10 Å². The number of pyridine rings is 1. The third-order valence-corrected chi connectivity index (χ3v) is 6.61. The molecule has 5 rings (SSSR count). The molecule has 5 heterocycles. The Morgan fingerprint density at radius 2 is 1.91 bits per heavy atom. The van der Waals surface area contributed by atoms with Crippen LogP contribution in [0.3, 0.4) is 0 Å². The average Bonchev–Trinajstić information content (AvgIpc) is 3.22. The fourth-order valence-corrected chi connectivity index (χ4v) is 4.64. The molecule has 0 radical (unpaired) electrons. The summed E-state index contributed by atoms with van der Waals surface area (Å²) in [5, 5.41) is 4.50. The Balaban J connectivity index is 1.61. The highest BCUT2D eigenvalue weighted by atomic mass is 19.4. The molecule has 0 amide bonds. The Morgan fingerprint density at radius 3 is 2.63 bits per heavy atom. The minimum Gasteiger partial charge on any atom is -0.384 e. The minimum atomic E-state index is -4.62. The maximum Gasteiger partial charge on any atom is 0.417 e. The number of halogens is 3. The van der Waals surface area contributed by atoms with Crippen molar-refractivity contribution in [2.75, 3.05) is 63.6 Å². The highest BCUT2D eigenvalue weighted by Gasteiger charge is 2.36. The third kappa shape index (κ3) is 4.91. The van der Waals surface area contributed by atoms with E-state index in [-0.39, 0.29) is 23.2 Å². The number of nitrogen functional groups attached to an aromatic ring is 1. The van der Waals surface area contributed by atoms with E-state index in [1.54, 1.807) is 4.52 Å². The number of rotatable bonds is 4. The van der Waals surface area contributed by atoms with Gasteiger partial charge in [-0.25, -0.2) is 14.5 Å². The van der Waals surface area contributed by atoms with E-state index in [2.05, 4.69) is 36.8 Å². The number of likely N-dealkylation sites (N-methyl/N-ethyl adjacent to an activating group) is 1. The van der Waals surface area contributed by atoms with Gasteiger partial charge in [0.25, 0.3) is 0 Å². The molecule has 2 aliphatic rings. The molecule has 188 valence electrons. The zero-order valence-electron chi connectivity index (χ0n) is 19.8. The number of nitrogens with two attached hydrogens (primary N) is 1. The molecule has 0 spiro atoms. The summed E-state index contributed by atoms with van der Waals surface area (Å²) in [5.41, 5.74) is 6.25. The summed E-state index contributed by atoms with van der Waals surface area (Å²) in [6.07, 6.45) is -1.65. The number of morpholine rings is 1. The lowest BCUT2D eigenvalue weighted by Crippen LogP contribution is -2.44. The molecule has 0 saturated carbocycles. The van der Waals surface area contributed by atoms with Gasteiger partial charge in [-0.2, -0.15) is 13.2 Å². The molecule has 0 aromatic carbocycles. The van der Waals surface area contributed by atoms with E-state index in [0.717, 1.165) is 56.1 Å². The van der Waals surface area contributed by atoms with E-state index in [0.29, 0.717) is 25.6 Å². The van der Waals surface area contributed by atoms with Crippen molar-refractivity contribution >= 4 is 17.2 Å². The topological polar surface area (TPSA) is 88.0 Å². The second kappa shape index (κ2) is 9.25. The molecule has 3 aromatic rings. The molecule has 0 unspecified atom stereocenters. The van der Waals surface area contributed by atoms with Gasteiger partial charge in [0, 0.05) is 51.7 Å². The first kappa shape index (κ1) is 23.8. The molecular formula is C23H29F3N8O. The number of nitrogens with zero attached hydrogens (tertiary/aromatic N) is 7. The number of alkyl halides is 3. The molecule has 2 aliphatic heterocycles. The molecule has 2 N–H and O–H groups in total. The fourth-order valence-electron chi connectivity index (χ4n) is 4.64. The first-order valence-corrected chi connectivity index (χ1v) is 11.7. The van der Waals surface area contributed by atoms with Gasteiger partial charge < -0.3 is 20.3 Å². The number of hydrogen-bond acceptors (Lipinski definition) is 8. The SMILES string of the molecule is C[C@H]1COCCN1c1nc(-c2cnc(N)cc2C(F)(F)F)nn2cc(CN3CCN(C)CC3)cc12. The van der Waals surface area contributed by atoms with Crippen LogP contribution in [0.4, 0.5) is 24.8 Å². The van der Waals surface area contributed by atoms with E-state index in [9.17, 15) is 13.2 Å². The Kier molecular flexibility index (Phi) is 6.28. The van der Waals surface area contributed by atoms with Crippen molar-refractivity contribution in [3.63, 3.8) is 0 Å². The van der Waals surface area contributed by atoms with Crippen molar-refractivity contribution in [1.29, 1.82) is 0 Å². The van der Waals surface area contributed by atoms with Crippen molar-refractivity contribution in [3.8, 4) is 11.4 Å². The van der Waals surface area contributed by atoms with Gasteiger partial charge in [0.2, 0.25) is 0 Å². The Hall–Kier alpha value is -2.96. The second-order valence-corrected chi connectivity index (χ2v) is 9.29. The van der Waals surface area contributed by atoms with Crippen molar-refractivity contribution in [3.05, 3.63) is 35.7 Å². The number of fused-ring (bicyclic) bond motifs is 1.